The van der Waals surface area contributed by atoms with E-state index in [-0.39, 0.29) is 26.9 Å². The minimum atomic E-state index is -0.246. The summed E-state index contributed by atoms with van der Waals surface area (Å²) < 4.78 is 14.9. The first-order valence-corrected chi connectivity index (χ1v) is 5.01. The summed E-state index contributed by atoms with van der Waals surface area (Å²) in [6.45, 7) is 0. The van der Waals surface area contributed by atoms with E-state index in [9.17, 15) is 4.39 Å². The van der Waals surface area contributed by atoms with Gasteiger partial charge in [0.25, 0.3) is 0 Å². The number of nitrogens with zero attached hydrogens (tertiary/aromatic N) is 1. The molecule has 78 valence electrons. The van der Waals surface area contributed by atoms with Gasteiger partial charge in [0.15, 0.2) is 0 Å². The Morgan fingerprint density at radius 1 is 1.33 bits per heavy atom. The average Bonchev–Trinajstić information content (AvgIpc) is 2.54. The molecule has 3 aromatic rings. The molecule has 15 heavy (non-hydrogen) atoms. The van der Waals surface area contributed by atoms with Crippen LogP contribution in [0.15, 0.2) is 30.5 Å². The van der Waals surface area contributed by atoms with Gasteiger partial charge in [-0.15, -0.1) is 17.5 Å². The van der Waals surface area contributed by atoms with Crippen LogP contribution in [0.4, 0.5) is 4.39 Å². The van der Waals surface area contributed by atoms with E-state index in [0.717, 1.165) is 20.3 Å². The van der Waals surface area contributed by atoms with E-state index < -0.39 is 0 Å². The van der Waals surface area contributed by atoms with Crippen molar-refractivity contribution < 1.29 is 25.5 Å². The number of pyridine rings is 1. The van der Waals surface area contributed by atoms with E-state index >= 15 is 0 Å². The molecular formula is C11H5FNPtS-. The third-order valence-electron chi connectivity index (χ3n) is 2.10. The second kappa shape index (κ2) is 3.99. The molecule has 0 N–H and O–H groups in total. The Morgan fingerprint density at radius 2 is 2.20 bits per heavy atom. The smallest absolute Gasteiger partial charge is 0.0392 e. The number of aromatic nitrogens is 1. The summed E-state index contributed by atoms with van der Waals surface area (Å²) in [7, 11) is 0. The predicted octanol–water partition coefficient (Wildman–Crippen LogP) is 3.39. The molecule has 0 aliphatic heterocycles. The van der Waals surface area contributed by atoms with Gasteiger partial charge in [0.2, 0.25) is 0 Å². The first-order valence-electron chi connectivity index (χ1n) is 4.19. The molecule has 0 bridgehead atoms. The largest absolute Gasteiger partial charge is 0.303 e. The molecule has 0 saturated carbocycles. The molecule has 0 radical (unpaired) electrons. The van der Waals surface area contributed by atoms with Crippen molar-refractivity contribution in [2.75, 3.05) is 0 Å². The summed E-state index contributed by atoms with van der Waals surface area (Å²) in [5.41, 5.74) is 0.910. The second-order valence-corrected chi connectivity index (χ2v) is 4.09. The Morgan fingerprint density at radius 3 is 3.07 bits per heavy atom. The van der Waals surface area contributed by atoms with Crippen molar-refractivity contribution in [3.8, 4) is 0 Å². The van der Waals surface area contributed by atoms with Crippen LogP contribution in [0.25, 0.3) is 20.3 Å². The summed E-state index contributed by atoms with van der Waals surface area (Å²) in [4.78, 5) is 4.26. The molecule has 0 fully saturated rings. The van der Waals surface area contributed by atoms with Gasteiger partial charge in [-0.2, -0.15) is 11.3 Å². The van der Waals surface area contributed by atoms with Crippen molar-refractivity contribution in [3.63, 3.8) is 0 Å². The van der Waals surface area contributed by atoms with E-state index in [0.29, 0.717) is 0 Å². The van der Waals surface area contributed by atoms with Crippen molar-refractivity contribution in [2.24, 2.45) is 0 Å². The summed E-state index contributed by atoms with van der Waals surface area (Å²) in [5, 5.41) is 0.909. The molecule has 1 nitrogen and oxygen atoms in total. The normalized spacial score (nSPS) is 10.5. The number of hydrogen-bond donors (Lipinski definition) is 0. The zero-order valence-corrected chi connectivity index (χ0v) is 10.5. The topological polar surface area (TPSA) is 12.9 Å². The van der Waals surface area contributed by atoms with E-state index in [4.69, 9.17) is 0 Å². The fourth-order valence-electron chi connectivity index (χ4n) is 1.50. The van der Waals surface area contributed by atoms with Crippen LogP contribution < -0.4 is 0 Å². The molecule has 1 aromatic carbocycles. The number of rotatable bonds is 0. The molecule has 0 aliphatic carbocycles. The van der Waals surface area contributed by atoms with E-state index in [1.165, 1.54) is 12.1 Å². The molecule has 0 atom stereocenters. The third kappa shape index (κ3) is 1.70. The first-order chi connectivity index (χ1) is 6.84. The molecule has 4 heteroatoms. The number of thiophene rings is 1. The van der Waals surface area contributed by atoms with Crippen molar-refractivity contribution in [2.45, 2.75) is 0 Å². The molecular weight excluding hydrogens is 392 g/mol. The van der Waals surface area contributed by atoms with Gasteiger partial charge in [-0.25, -0.2) is 0 Å². The Balaban J connectivity index is 0.000000853. The Bertz CT molecular complexity index is 620. The van der Waals surface area contributed by atoms with Crippen molar-refractivity contribution in [3.05, 3.63) is 42.3 Å². The Labute approximate surface area is 104 Å². The van der Waals surface area contributed by atoms with Crippen LogP contribution in [0.2, 0.25) is 0 Å². The average molecular weight is 397 g/mol. The van der Waals surface area contributed by atoms with Gasteiger partial charge in [0.1, 0.15) is 0 Å². The maximum Gasteiger partial charge on any atom is 0.0392 e. The molecule has 2 heterocycles. The standard InChI is InChI=1S/C11H5FNS.Pt/c12-7-3-4-8-10(6-7)14-9-2-1-5-13-11(8)9;/h1-3,5-6H;/q-1;. The maximum absolute atomic E-state index is 12.9. The number of hydrogen-bond acceptors (Lipinski definition) is 2. The molecule has 0 unspecified atom stereocenters. The maximum atomic E-state index is 12.9. The van der Waals surface area contributed by atoms with Gasteiger partial charge in [-0.05, 0) is 6.07 Å². The van der Waals surface area contributed by atoms with Gasteiger partial charge in [-0.3, -0.25) is 4.39 Å². The quantitative estimate of drug-likeness (QED) is 0.530. The monoisotopic (exact) mass is 397 g/mol. The minimum Gasteiger partial charge on any atom is -0.303 e. The first kappa shape index (κ1) is 10.7. The van der Waals surface area contributed by atoms with Crippen molar-refractivity contribution in [1.29, 1.82) is 0 Å². The van der Waals surface area contributed by atoms with Crippen molar-refractivity contribution >= 4 is 31.6 Å². The zero-order chi connectivity index (χ0) is 9.54. The van der Waals surface area contributed by atoms with Crippen LogP contribution in [-0.2, 0) is 21.1 Å². The van der Waals surface area contributed by atoms with Gasteiger partial charge in [0.05, 0.1) is 0 Å². The third-order valence-corrected chi connectivity index (χ3v) is 3.19. The molecule has 0 spiro atoms. The molecule has 2 aromatic heterocycles. The van der Waals surface area contributed by atoms with Crippen LogP contribution in [0.3, 0.4) is 0 Å². The zero-order valence-electron chi connectivity index (χ0n) is 7.44. The molecule has 3 rings (SSSR count). The SMILES string of the molecule is Fc1c[c-]c2c(c1)sc1cccnc12.[Pt]. The van der Waals surface area contributed by atoms with Crippen LogP contribution in [0, 0.1) is 11.9 Å². The summed E-state index contributed by atoms with van der Waals surface area (Å²) in [5.74, 6) is -0.246. The predicted molar refractivity (Wildman–Crippen MR) is 55.9 cm³/mol. The van der Waals surface area contributed by atoms with Crippen molar-refractivity contribution in [1.82, 2.24) is 4.98 Å². The Kier molecular flexibility index (Phi) is 2.85. The summed E-state index contributed by atoms with van der Waals surface area (Å²) >= 11 is 1.54. The van der Waals surface area contributed by atoms with Crippen LogP contribution >= 0.6 is 11.3 Å². The summed E-state index contributed by atoms with van der Waals surface area (Å²) in [6.07, 6.45) is 1.74. The van der Waals surface area contributed by atoms with Gasteiger partial charge < -0.3 is 4.98 Å². The number of benzene rings is 1. The molecule has 0 aliphatic rings. The van der Waals surface area contributed by atoms with Crippen LogP contribution in [-0.4, -0.2) is 4.98 Å². The Hall–Kier alpha value is -0.792. The number of fused-ring (bicyclic) bond motifs is 3. The van der Waals surface area contributed by atoms with Crippen LogP contribution in [0.5, 0.6) is 0 Å². The van der Waals surface area contributed by atoms with Gasteiger partial charge >= 0.3 is 0 Å². The van der Waals surface area contributed by atoms with Crippen LogP contribution in [0.1, 0.15) is 0 Å². The van der Waals surface area contributed by atoms with E-state index in [1.807, 2.05) is 12.1 Å². The minimum absolute atomic E-state index is 0. The van der Waals surface area contributed by atoms with E-state index in [1.54, 1.807) is 17.5 Å². The van der Waals surface area contributed by atoms with Gasteiger partial charge in [0, 0.05) is 43.3 Å². The van der Waals surface area contributed by atoms with Gasteiger partial charge in [-0.1, -0.05) is 16.8 Å². The molecule has 0 amide bonds. The molecule has 0 saturated heterocycles. The summed E-state index contributed by atoms with van der Waals surface area (Å²) in [6, 6.07) is 9.66. The fourth-order valence-corrected chi connectivity index (χ4v) is 2.56. The fraction of sp³-hybridized carbons (Fsp3) is 0. The second-order valence-electron chi connectivity index (χ2n) is 3.01. The number of halogens is 1. The van der Waals surface area contributed by atoms with E-state index in [2.05, 4.69) is 11.1 Å².